The molecule has 1 aromatic carbocycles. The zero-order chi connectivity index (χ0) is 23.4. The highest BCUT2D eigenvalue weighted by Crippen LogP contribution is 2.27. The second kappa shape index (κ2) is 9.56. The largest absolute Gasteiger partial charge is 0.384 e. The molecule has 0 saturated heterocycles. The van der Waals surface area contributed by atoms with Gasteiger partial charge >= 0.3 is 0 Å². The van der Waals surface area contributed by atoms with Crippen molar-refractivity contribution in [3.05, 3.63) is 83.9 Å². The SMILES string of the molecule is CCC(C)c1cc(C(=O)Nc2ccc(C)c(-c3nccc(-c4ccnc(N)c4)n3)c2)ccn1. The number of nitrogens with zero attached hydrogens (tertiary/aromatic N) is 4. The summed E-state index contributed by atoms with van der Waals surface area (Å²) in [6, 6.07) is 14.8. The van der Waals surface area contributed by atoms with E-state index in [9.17, 15) is 4.79 Å². The summed E-state index contributed by atoms with van der Waals surface area (Å²) in [6.45, 7) is 6.20. The maximum atomic E-state index is 12.9. The molecule has 4 rings (SSSR count). The van der Waals surface area contributed by atoms with Gasteiger partial charge in [0.15, 0.2) is 5.82 Å². The van der Waals surface area contributed by atoms with Crippen LogP contribution in [0.5, 0.6) is 0 Å². The van der Waals surface area contributed by atoms with Gasteiger partial charge in [-0.3, -0.25) is 9.78 Å². The van der Waals surface area contributed by atoms with E-state index in [1.165, 1.54) is 0 Å². The summed E-state index contributed by atoms with van der Waals surface area (Å²) in [5, 5.41) is 2.99. The van der Waals surface area contributed by atoms with Crippen molar-refractivity contribution in [2.45, 2.75) is 33.1 Å². The summed E-state index contributed by atoms with van der Waals surface area (Å²) in [6.07, 6.45) is 6.01. The zero-order valence-corrected chi connectivity index (χ0v) is 18.9. The first-order chi connectivity index (χ1) is 15.9. The minimum atomic E-state index is -0.182. The molecule has 166 valence electrons. The van der Waals surface area contributed by atoms with Crippen LogP contribution in [0.3, 0.4) is 0 Å². The lowest BCUT2D eigenvalue weighted by Gasteiger charge is -2.12. The molecule has 0 aliphatic carbocycles. The summed E-state index contributed by atoms with van der Waals surface area (Å²) in [4.78, 5) is 30.5. The molecule has 3 aromatic heterocycles. The number of amides is 1. The number of nitrogens with two attached hydrogens (primary N) is 1. The minimum absolute atomic E-state index is 0.182. The zero-order valence-electron chi connectivity index (χ0n) is 18.9. The summed E-state index contributed by atoms with van der Waals surface area (Å²) in [5.41, 5.74) is 11.4. The van der Waals surface area contributed by atoms with Gasteiger partial charge in [-0.05, 0) is 67.3 Å². The number of benzene rings is 1. The molecule has 7 heteroatoms. The molecule has 0 aliphatic rings. The first kappa shape index (κ1) is 22.1. The van der Waals surface area contributed by atoms with Crippen LogP contribution in [-0.2, 0) is 0 Å². The minimum Gasteiger partial charge on any atom is -0.384 e. The number of hydrogen-bond donors (Lipinski definition) is 2. The highest BCUT2D eigenvalue weighted by Gasteiger charge is 2.13. The summed E-state index contributed by atoms with van der Waals surface area (Å²) in [5.74, 6) is 1.11. The fourth-order valence-corrected chi connectivity index (χ4v) is 3.47. The molecule has 3 N–H and O–H groups in total. The Bertz CT molecular complexity index is 1300. The van der Waals surface area contributed by atoms with E-state index >= 15 is 0 Å². The van der Waals surface area contributed by atoms with Gasteiger partial charge in [0.25, 0.3) is 5.91 Å². The highest BCUT2D eigenvalue weighted by molar-refractivity contribution is 6.04. The van der Waals surface area contributed by atoms with E-state index in [2.05, 4.69) is 34.1 Å². The van der Waals surface area contributed by atoms with Crippen molar-refractivity contribution in [2.24, 2.45) is 0 Å². The lowest BCUT2D eigenvalue weighted by molar-refractivity contribution is 0.102. The summed E-state index contributed by atoms with van der Waals surface area (Å²) >= 11 is 0. The normalized spacial score (nSPS) is 11.7. The molecule has 1 unspecified atom stereocenters. The maximum absolute atomic E-state index is 12.9. The number of hydrogen-bond acceptors (Lipinski definition) is 6. The Labute approximate surface area is 193 Å². The van der Waals surface area contributed by atoms with Gasteiger partial charge in [0, 0.05) is 46.7 Å². The Morgan fingerprint density at radius 3 is 2.58 bits per heavy atom. The molecule has 0 radical (unpaired) electrons. The second-order valence-electron chi connectivity index (χ2n) is 8.00. The molecule has 1 atom stereocenters. The Hall–Kier alpha value is -4.13. The van der Waals surface area contributed by atoms with Crippen molar-refractivity contribution in [3.8, 4) is 22.6 Å². The second-order valence-corrected chi connectivity index (χ2v) is 8.00. The van der Waals surface area contributed by atoms with E-state index in [-0.39, 0.29) is 5.91 Å². The van der Waals surface area contributed by atoms with E-state index in [1.54, 1.807) is 30.7 Å². The third-order valence-corrected chi connectivity index (χ3v) is 5.63. The molecular formula is C26H26N6O. The molecule has 0 aliphatic heterocycles. The van der Waals surface area contributed by atoms with Crippen molar-refractivity contribution in [3.63, 3.8) is 0 Å². The van der Waals surface area contributed by atoms with Gasteiger partial charge in [-0.25, -0.2) is 15.0 Å². The number of nitrogens with one attached hydrogen (secondary N) is 1. The van der Waals surface area contributed by atoms with Crippen molar-refractivity contribution >= 4 is 17.4 Å². The van der Waals surface area contributed by atoms with Crippen LogP contribution < -0.4 is 11.1 Å². The Balaban J connectivity index is 1.61. The molecule has 0 spiro atoms. The maximum Gasteiger partial charge on any atom is 0.255 e. The summed E-state index contributed by atoms with van der Waals surface area (Å²) in [7, 11) is 0. The van der Waals surface area contributed by atoms with Gasteiger partial charge in [-0.2, -0.15) is 0 Å². The molecule has 33 heavy (non-hydrogen) atoms. The number of carbonyl (C=O) groups excluding carboxylic acids is 1. The van der Waals surface area contributed by atoms with Crippen LogP contribution in [0.2, 0.25) is 0 Å². The smallest absolute Gasteiger partial charge is 0.255 e. The molecule has 0 saturated carbocycles. The number of anilines is 2. The van der Waals surface area contributed by atoms with Crippen LogP contribution in [0.4, 0.5) is 11.5 Å². The van der Waals surface area contributed by atoms with Crippen LogP contribution in [-0.4, -0.2) is 25.8 Å². The quantitative estimate of drug-likeness (QED) is 0.425. The lowest BCUT2D eigenvalue weighted by atomic mass is 10.0. The molecule has 0 fully saturated rings. The average Bonchev–Trinajstić information content (AvgIpc) is 2.85. The van der Waals surface area contributed by atoms with E-state index in [4.69, 9.17) is 10.7 Å². The van der Waals surface area contributed by atoms with Crippen LogP contribution in [0.1, 0.15) is 47.8 Å². The molecule has 0 bridgehead atoms. The van der Waals surface area contributed by atoms with Gasteiger partial charge in [-0.15, -0.1) is 0 Å². The van der Waals surface area contributed by atoms with E-state index in [0.29, 0.717) is 28.8 Å². The fraction of sp³-hybridized carbons (Fsp3) is 0.192. The Morgan fingerprint density at radius 1 is 1.00 bits per heavy atom. The van der Waals surface area contributed by atoms with Crippen LogP contribution in [0, 0.1) is 6.92 Å². The first-order valence-electron chi connectivity index (χ1n) is 10.9. The topological polar surface area (TPSA) is 107 Å². The van der Waals surface area contributed by atoms with Gasteiger partial charge in [-0.1, -0.05) is 19.9 Å². The van der Waals surface area contributed by atoms with Crippen LogP contribution in [0.15, 0.2) is 67.1 Å². The first-order valence-corrected chi connectivity index (χ1v) is 10.9. The van der Waals surface area contributed by atoms with E-state index in [0.717, 1.165) is 34.5 Å². The number of rotatable bonds is 6. The predicted molar refractivity (Wildman–Crippen MR) is 131 cm³/mol. The monoisotopic (exact) mass is 438 g/mol. The van der Waals surface area contributed by atoms with Crippen LogP contribution in [0.25, 0.3) is 22.6 Å². The standard InChI is InChI=1S/C26H26N6O/c1-4-16(2)23-13-19(8-10-28-23)26(33)31-20-6-5-17(3)21(15-20)25-30-12-9-22(32-25)18-7-11-29-24(27)14-18/h5-16H,4H2,1-3H3,(H2,27,29)(H,31,33). The number of aryl methyl sites for hydroxylation is 1. The van der Waals surface area contributed by atoms with Gasteiger partial charge in [0.1, 0.15) is 5.82 Å². The molecule has 4 aromatic rings. The molecule has 1 amide bonds. The molecular weight excluding hydrogens is 412 g/mol. The number of aromatic nitrogens is 4. The molecule has 7 nitrogen and oxygen atoms in total. The average molecular weight is 439 g/mol. The van der Waals surface area contributed by atoms with E-state index < -0.39 is 0 Å². The summed E-state index contributed by atoms with van der Waals surface area (Å²) < 4.78 is 0. The van der Waals surface area contributed by atoms with Gasteiger partial charge in [0.2, 0.25) is 0 Å². The van der Waals surface area contributed by atoms with Crippen molar-refractivity contribution in [1.29, 1.82) is 0 Å². The number of pyridine rings is 2. The van der Waals surface area contributed by atoms with Crippen molar-refractivity contribution < 1.29 is 4.79 Å². The van der Waals surface area contributed by atoms with Crippen molar-refractivity contribution in [2.75, 3.05) is 11.1 Å². The number of carbonyl (C=O) groups is 1. The Kier molecular flexibility index (Phi) is 6.40. The highest BCUT2D eigenvalue weighted by atomic mass is 16.1. The fourth-order valence-electron chi connectivity index (χ4n) is 3.47. The third-order valence-electron chi connectivity index (χ3n) is 5.63. The van der Waals surface area contributed by atoms with Crippen LogP contribution >= 0.6 is 0 Å². The number of nitrogen functional groups attached to an aromatic ring is 1. The van der Waals surface area contributed by atoms with Crippen molar-refractivity contribution in [1.82, 2.24) is 19.9 Å². The molecule has 3 heterocycles. The van der Waals surface area contributed by atoms with Gasteiger partial charge < -0.3 is 11.1 Å². The Morgan fingerprint density at radius 2 is 1.79 bits per heavy atom. The van der Waals surface area contributed by atoms with Gasteiger partial charge in [0.05, 0.1) is 5.69 Å². The lowest BCUT2D eigenvalue weighted by Crippen LogP contribution is -2.13. The van der Waals surface area contributed by atoms with E-state index in [1.807, 2.05) is 43.3 Å². The predicted octanol–water partition coefficient (Wildman–Crippen LogP) is 5.26. The third kappa shape index (κ3) is 5.03.